The molecule has 2 heterocycles. The van der Waals surface area contributed by atoms with Crippen molar-refractivity contribution >= 4 is 29.9 Å². The first-order valence-corrected chi connectivity index (χ1v) is 10.6. The van der Waals surface area contributed by atoms with Gasteiger partial charge in [-0.05, 0) is 38.0 Å². The molecule has 0 amide bonds. The number of nitrogens with zero attached hydrogens (tertiary/aromatic N) is 2. The first-order valence-electron chi connectivity index (χ1n) is 10.6. The van der Waals surface area contributed by atoms with Crippen LogP contribution in [0.5, 0.6) is 5.75 Å². The monoisotopic (exact) mass is 573 g/mol. The number of ether oxygens (including phenoxy) is 3. The maximum Gasteiger partial charge on any atom is 0.416 e. The van der Waals surface area contributed by atoms with Crippen molar-refractivity contribution in [2.45, 2.75) is 44.3 Å². The van der Waals surface area contributed by atoms with E-state index in [-0.39, 0.29) is 55.1 Å². The first kappa shape index (κ1) is 26.9. The molecule has 2 saturated heterocycles. The summed E-state index contributed by atoms with van der Waals surface area (Å²) in [5.41, 5.74) is -0.792. The molecule has 2 N–H and O–H groups in total. The molecule has 1 aromatic rings. The molecule has 1 aromatic carbocycles. The van der Waals surface area contributed by atoms with Crippen LogP contribution >= 0.6 is 24.0 Å². The lowest BCUT2D eigenvalue weighted by Crippen LogP contribution is -2.53. The van der Waals surface area contributed by atoms with Crippen molar-refractivity contribution in [1.82, 2.24) is 10.2 Å². The van der Waals surface area contributed by atoms with E-state index in [1.165, 1.54) is 12.1 Å². The molecule has 7 nitrogen and oxygen atoms in total. The average Bonchev–Trinajstić information content (AvgIpc) is 3.30. The summed E-state index contributed by atoms with van der Waals surface area (Å²) >= 11 is 0. The van der Waals surface area contributed by atoms with E-state index in [9.17, 15) is 18.3 Å². The molecule has 2 fully saturated rings. The largest absolute Gasteiger partial charge is 0.491 e. The third-order valence-electron chi connectivity index (χ3n) is 5.16. The molecule has 0 aromatic heterocycles. The number of rotatable bonds is 7. The second-order valence-electron chi connectivity index (χ2n) is 7.59. The van der Waals surface area contributed by atoms with E-state index in [0.717, 1.165) is 31.6 Å². The zero-order valence-corrected chi connectivity index (χ0v) is 20.3. The molecule has 3 rings (SSSR count). The van der Waals surface area contributed by atoms with Gasteiger partial charge in [0.1, 0.15) is 24.6 Å². The van der Waals surface area contributed by atoms with Crippen LogP contribution in [-0.2, 0) is 15.7 Å². The second kappa shape index (κ2) is 12.8. The van der Waals surface area contributed by atoms with Crippen molar-refractivity contribution in [2.24, 2.45) is 4.99 Å². The van der Waals surface area contributed by atoms with Gasteiger partial charge in [-0.3, -0.25) is 4.99 Å². The number of alkyl halides is 3. The van der Waals surface area contributed by atoms with Gasteiger partial charge in [0.05, 0.1) is 24.8 Å². The highest BCUT2D eigenvalue weighted by Crippen LogP contribution is 2.31. The quantitative estimate of drug-likeness (QED) is 0.297. The van der Waals surface area contributed by atoms with E-state index < -0.39 is 17.8 Å². The predicted molar refractivity (Wildman–Crippen MR) is 125 cm³/mol. The van der Waals surface area contributed by atoms with E-state index in [1.54, 1.807) is 0 Å². The van der Waals surface area contributed by atoms with E-state index in [0.29, 0.717) is 32.2 Å². The van der Waals surface area contributed by atoms with Gasteiger partial charge in [-0.1, -0.05) is 6.07 Å². The van der Waals surface area contributed by atoms with Crippen molar-refractivity contribution < 1.29 is 32.5 Å². The Morgan fingerprint density at radius 2 is 2.09 bits per heavy atom. The molecule has 182 valence electrons. The lowest BCUT2D eigenvalue weighted by Gasteiger charge is -2.37. The highest BCUT2D eigenvalue weighted by molar-refractivity contribution is 14.0. The Hall–Kier alpha value is -1.31. The molecular weight excluding hydrogens is 542 g/mol. The van der Waals surface area contributed by atoms with E-state index in [4.69, 9.17) is 14.2 Å². The van der Waals surface area contributed by atoms with E-state index in [2.05, 4.69) is 15.2 Å². The van der Waals surface area contributed by atoms with Gasteiger partial charge in [0.15, 0.2) is 5.96 Å². The maximum atomic E-state index is 12.8. The van der Waals surface area contributed by atoms with Crippen LogP contribution in [0.3, 0.4) is 0 Å². The van der Waals surface area contributed by atoms with Crippen molar-refractivity contribution in [3.05, 3.63) is 29.8 Å². The number of aliphatic imine (C=N–C) groups is 1. The van der Waals surface area contributed by atoms with Crippen LogP contribution in [0, 0.1) is 0 Å². The van der Waals surface area contributed by atoms with Crippen molar-refractivity contribution in [2.75, 3.05) is 46.0 Å². The Morgan fingerprint density at radius 3 is 2.78 bits per heavy atom. The second-order valence-corrected chi connectivity index (χ2v) is 7.59. The normalized spacial score (nSPS) is 22.9. The van der Waals surface area contributed by atoms with Crippen LogP contribution in [0.25, 0.3) is 0 Å². The van der Waals surface area contributed by atoms with Crippen molar-refractivity contribution in [1.29, 1.82) is 0 Å². The molecule has 2 aliphatic heterocycles. The molecule has 0 radical (unpaired) electrons. The van der Waals surface area contributed by atoms with Gasteiger partial charge >= 0.3 is 6.18 Å². The highest BCUT2D eigenvalue weighted by atomic mass is 127. The predicted octanol–water partition coefficient (Wildman–Crippen LogP) is 2.91. The number of hydrogen-bond acceptors (Lipinski definition) is 5. The smallest absolute Gasteiger partial charge is 0.416 e. The Balaban J connectivity index is 0.00000363. The standard InChI is InChI=1S/C21H30F3N3O4.HI/c1-2-25-20(27-8-10-30-19(13-27)18-7-4-9-29-18)26-12-16(28)14-31-17-6-3-5-15(11-17)21(22,23)24;/h3,5-6,11,16,18-19,28H,2,4,7-10,12-14H2,1H3,(H,25,26);1H. The molecule has 0 spiro atoms. The van der Waals surface area contributed by atoms with Gasteiger partial charge in [-0.15, -0.1) is 24.0 Å². The first-order chi connectivity index (χ1) is 14.9. The fourth-order valence-electron chi connectivity index (χ4n) is 3.61. The summed E-state index contributed by atoms with van der Waals surface area (Å²) in [6, 6.07) is 4.59. The minimum Gasteiger partial charge on any atom is -0.491 e. The third kappa shape index (κ3) is 7.92. The summed E-state index contributed by atoms with van der Waals surface area (Å²) in [5.74, 6) is 0.712. The van der Waals surface area contributed by atoms with Gasteiger partial charge in [-0.2, -0.15) is 13.2 Å². The summed E-state index contributed by atoms with van der Waals surface area (Å²) in [6.07, 6.45) is -3.30. The van der Waals surface area contributed by atoms with Gasteiger partial charge in [-0.25, -0.2) is 0 Å². The number of aliphatic hydroxyl groups is 1. The minimum absolute atomic E-state index is 0. The SMILES string of the molecule is CCNC(=NCC(O)COc1cccc(C(F)(F)F)c1)N1CCOC(C2CCCO2)C1.I. The maximum absolute atomic E-state index is 12.8. The topological polar surface area (TPSA) is 75.6 Å². The number of nitrogens with one attached hydrogen (secondary N) is 1. The number of guanidine groups is 1. The molecule has 0 bridgehead atoms. The molecule has 2 aliphatic rings. The average molecular weight is 573 g/mol. The van der Waals surface area contributed by atoms with Gasteiger partial charge in [0.25, 0.3) is 0 Å². The van der Waals surface area contributed by atoms with Crippen LogP contribution < -0.4 is 10.1 Å². The Kier molecular flexibility index (Phi) is 10.8. The van der Waals surface area contributed by atoms with Gasteiger partial charge in [0.2, 0.25) is 0 Å². The Labute approximate surface area is 203 Å². The van der Waals surface area contributed by atoms with Gasteiger partial charge in [0, 0.05) is 26.2 Å². The fourth-order valence-corrected chi connectivity index (χ4v) is 3.61. The van der Waals surface area contributed by atoms with E-state index in [1.807, 2.05) is 6.92 Å². The molecular formula is C21H31F3IN3O4. The number of morpholine rings is 1. The zero-order chi connectivity index (χ0) is 22.3. The molecule has 32 heavy (non-hydrogen) atoms. The third-order valence-corrected chi connectivity index (χ3v) is 5.16. The summed E-state index contributed by atoms with van der Waals surface area (Å²) < 4.78 is 55.4. The van der Waals surface area contributed by atoms with Crippen LogP contribution in [0.2, 0.25) is 0 Å². The number of halogens is 4. The van der Waals surface area contributed by atoms with Gasteiger partial charge < -0.3 is 29.5 Å². The molecule has 0 aliphatic carbocycles. The van der Waals surface area contributed by atoms with Crippen molar-refractivity contribution in [3.8, 4) is 5.75 Å². The number of aliphatic hydroxyl groups excluding tert-OH is 1. The van der Waals surface area contributed by atoms with E-state index >= 15 is 0 Å². The highest BCUT2D eigenvalue weighted by Gasteiger charge is 2.32. The van der Waals surface area contributed by atoms with Crippen LogP contribution in [0.4, 0.5) is 13.2 Å². The Morgan fingerprint density at radius 1 is 1.31 bits per heavy atom. The number of hydrogen-bond donors (Lipinski definition) is 2. The van der Waals surface area contributed by atoms with Crippen LogP contribution in [0.1, 0.15) is 25.3 Å². The van der Waals surface area contributed by atoms with Crippen LogP contribution in [0.15, 0.2) is 29.3 Å². The lowest BCUT2D eigenvalue weighted by molar-refractivity contribution is -0.137. The molecule has 3 atom stereocenters. The fraction of sp³-hybridized carbons (Fsp3) is 0.667. The summed E-state index contributed by atoms with van der Waals surface area (Å²) in [7, 11) is 0. The summed E-state index contributed by atoms with van der Waals surface area (Å²) in [4.78, 5) is 6.58. The minimum atomic E-state index is -4.44. The summed E-state index contributed by atoms with van der Waals surface area (Å²) in [6.45, 7) is 5.17. The zero-order valence-electron chi connectivity index (χ0n) is 18.0. The Bertz CT molecular complexity index is 732. The molecule has 3 unspecified atom stereocenters. The molecule has 0 saturated carbocycles. The van der Waals surface area contributed by atoms with Crippen molar-refractivity contribution in [3.63, 3.8) is 0 Å². The lowest BCUT2D eigenvalue weighted by atomic mass is 10.1. The number of benzene rings is 1. The summed E-state index contributed by atoms with van der Waals surface area (Å²) in [5, 5.41) is 13.5. The van der Waals surface area contributed by atoms with Crippen LogP contribution in [-0.4, -0.2) is 80.3 Å². The molecule has 11 heteroatoms.